The molecule has 0 saturated heterocycles. The molecule has 0 radical (unpaired) electrons. The van der Waals surface area contributed by atoms with Crippen molar-refractivity contribution in [2.45, 2.75) is 6.42 Å². The van der Waals surface area contributed by atoms with E-state index in [1.54, 1.807) is 0 Å². The molecule has 0 aromatic heterocycles. The van der Waals surface area contributed by atoms with E-state index in [0.29, 0.717) is 12.0 Å². The first kappa shape index (κ1) is 6.97. The third-order valence-electron chi connectivity index (χ3n) is 1.95. The van der Waals surface area contributed by atoms with Crippen molar-refractivity contribution < 1.29 is 9.72 Å². The van der Waals surface area contributed by atoms with Crippen LogP contribution in [0.4, 0.5) is 5.69 Å². The largest absolute Gasteiger partial charge is 0.294 e. The van der Waals surface area contributed by atoms with Gasteiger partial charge in [-0.3, -0.25) is 14.9 Å². The molecule has 0 unspecified atom stereocenters. The fourth-order valence-corrected chi connectivity index (χ4v) is 1.27. The number of ketones is 1. The predicted octanol–water partition coefficient (Wildman–Crippen LogP) is 1.33. The Labute approximate surface area is 68.0 Å². The second kappa shape index (κ2) is 2.14. The van der Waals surface area contributed by atoms with E-state index in [-0.39, 0.29) is 11.5 Å². The molecule has 0 N–H and O–H groups in total. The topological polar surface area (TPSA) is 60.2 Å². The molecule has 4 nitrogen and oxygen atoms in total. The standard InChI is InChI=1S/C8H5NO3/c10-8-4-5-3-6(9(11)12)1-2-7(5)8/h1-3H,4H2. The Morgan fingerprint density at radius 1 is 1.42 bits per heavy atom. The fraction of sp³-hybridized carbons (Fsp3) is 0.125. The molecule has 0 heterocycles. The maximum Gasteiger partial charge on any atom is 0.269 e. The van der Waals surface area contributed by atoms with Crippen molar-refractivity contribution >= 4 is 11.5 Å². The highest BCUT2D eigenvalue weighted by atomic mass is 16.6. The first-order valence-electron chi connectivity index (χ1n) is 3.49. The summed E-state index contributed by atoms with van der Waals surface area (Å²) in [6, 6.07) is 4.33. The summed E-state index contributed by atoms with van der Waals surface area (Å²) in [5.41, 5.74) is 1.47. The molecular formula is C8H5NO3. The van der Waals surface area contributed by atoms with Gasteiger partial charge in [0.15, 0.2) is 5.78 Å². The first-order chi connectivity index (χ1) is 5.68. The number of carbonyl (C=O) groups excluding carboxylic acids is 1. The second-order valence-corrected chi connectivity index (χ2v) is 2.70. The summed E-state index contributed by atoms with van der Waals surface area (Å²) >= 11 is 0. The lowest BCUT2D eigenvalue weighted by Crippen LogP contribution is -2.18. The van der Waals surface area contributed by atoms with E-state index in [4.69, 9.17) is 0 Å². The van der Waals surface area contributed by atoms with Gasteiger partial charge in [0.1, 0.15) is 0 Å². The molecular weight excluding hydrogens is 158 g/mol. The molecule has 0 fully saturated rings. The summed E-state index contributed by atoms with van der Waals surface area (Å²) in [4.78, 5) is 20.7. The lowest BCUT2D eigenvalue weighted by molar-refractivity contribution is -0.384. The van der Waals surface area contributed by atoms with Gasteiger partial charge in [-0.2, -0.15) is 0 Å². The molecule has 4 heteroatoms. The SMILES string of the molecule is O=C1Cc2cc([N+](=O)[O-])ccc21. The monoisotopic (exact) mass is 163 g/mol. The molecule has 0 bridgehead atoms. The molecule has 12 heavy (non-hydrogen) atoms. The van der Waals surface area contributed by atoms with Gasteiger partial charge in [0.25, 0.3) is 5.69 Å². The average Bonchev–Trinajstić information content (AvgIpc) is 2.01. The van der Waals surface area contributed by atoms with Gasteiger partial charge >= 0.3 is 0 Å². The zero-order chi connectivity index (χ0) is 8.72. The number of carbonyl (C=O) groups is 1. The number of non-ortho nitro benzene ring substituents is 1. The minimum atomic E-state index is -0.455. The van der Waals surface area contributed by atoms with Crippen LogP contribution in [0.15, 0.2) is 18.2 Å². The number of nitro groups is 1. The molecule has 60 valence electrons. The number of nitrogens with zero attached hydrogens (tertiary/aromatic N) is 1. The van der Waals surface area contributed by atoms with Crippen molar-refractivity contribution in [2.75, 3.05) is 0 Å². The maximum atomic E-state index is 10.8. The lowest BCUT2D eigenvalue weighted by Gasteiger charge is -2.15. The van der Waals surface area contributed by atoms with Crippen molar-refractivity contribution in [1.82, 2.24) is 0 Å². The van der Waals surface area contributed by atoms with Crippen molar-refractivity contribution in [2.24, 2.45) is 0 Å². The van der Waals surface area contributed by atoms with Crippen LogP contribution in [0.2, 0.25) is 0 Å². The Hall–Kier alpha value is -1.71. The average molecular weight is 163 g/mol. The molecule has 0 aliphatic heterocycles. The molecule has 1 aliphatic rings. The number of Topliss-reactive ketones (excluding diaryl/α,β-unsaturated/α-hetero) is 1. The number of rotatable bonds is 1. The third-order valence-corrected chi connectivity index (χ3v) is 1.95. The van der Waals surface area contributed by atoms with Crippen LogP contribution in [-0.2, 0) is 6.42 Å². The van der Waals surface area contributed by atoms with Gasteiger partial charge < -0.3 is 0 Å². The Morgan fingerprint density at radius 3 is 2.67 bits per heavy atom. The van der Waals surface area contributed by atoms with Crippen LogP contribution in [0.1, 0.15) is 15.9 Å². The quantitative estimate of drug-likeness (QED) is 0.463. The van der Waals surface area contributed by atoms with Gasteiger partial charge in [-0.05, 0) is 11.6 Å². The number of benzene rings is 1. The molecule has 1 aromatic rings. The second-order valence-electron chi connectivity index (χ2n) is 2.70. The maximum absolute atomic E-state index is 10.8. The van der Waals surface area contributed by atoms with Crippen molar-refractivity contribution in [3.05, 3.63) is 39.4 Å². The molecule has 0 saturated carbocycles. The van der Waals surface area contributed by atoms with Crippen molar-refractivity contribution in [3.63, 3.8) is 0 Å². The normalized spacial score (nSPS) is 13.5. The number of hydrogen-bond donors (Lipinski definition) is 0. The Kier molecular flexibility index (Phi) is 1.24. The molecule has 0 amide bonds. The van der Waals surface area contributed by atoms with Crippen LogP contribution < -0.4 is 0 Å². The van der Waals surface area contributed by atoms with E-state index < -0.39 is 4.92 Å². The minimum Gasteiger partial charge on any atom is -0.294 e. The molecule has 0 atom stereocenters. The molecule has 0 spiro atoms. The van der Waals surface area contributed by atoms with Gasteiger partial charge in [0, 0.05) is 24.1 Å². The van der Waals surface area contributed by atoms with E-state index in [1.165, 1.54) is 18.2 Å². The van der Waals surface area contributed by atoms with Crippen LogP contribution >= 0.6 is 0 Å². The van der Waals surface area contributed by atoms with Crippen molar-refractivity contribution in [3.8, 4) is 0 Å². The van der Waals surface area contributed by atoms with Crippen molar-refractivity contribution in [1.29, 1.82) is 0 Å². The van der Waals surface area contributed by atoms with E-state index >= 15 is 0 Å². The van der Waals surface area contributed by atoms with Gasteiger partial charge in [-0.25, -0.2) is 0 Å². The van der Waals surface area contributed by atoms with E-state index in [9.17, 15) is 14.9 Å². The van der Waals surface area contributed by atoms with Gasteiger partial charge in [0.05, 0.1) is 4.92 Å². The summed E-state index contributed by atoms with van der Waals surface area (Å²) in [6.07, 6.45) is 0.344. The Bertz CT molecular complexity index is 384. The van der Waals surface area contributed by atoms with Crippen LogP contribution in [0, 0.1) is 10.1 Å². The van der Waals surface area contributed by atoms with Crippen LogP contribution in [0.3, 0.4) is 0 Å². The lowest BCUT2D eigenvalue weighted by atomic mass is 9.87. The highest BCUT2D eigenvalue weighted by Crippen LogP contribution is 2.26. The highest BCUT2D eigenvalue weighted by Gasteiger charge is 2.24. The van der Waals surface area contributed by atoms with Crippen LogP contribution in [0.25, 0.3) is 0 Å². The van der Waals surface area contributed by atoms with Crippen LogP contribution in [-0.4, -0.2) is 10.7 Å². The van der Waals surface area contributed by atoms with E-state index in [0.717, 1.165) is 5.56 Å². The van der Waals surface area contributed by atoms with Crippen LogP contribution in [0.5, 0.6) is 0 Å². The van der Waals surface area contributed by atoms with Gasteiger partial charge in [-0.1, -0.05) is 0 Å². The smallest absolute Gasteiger partial charge is 0.269 e. The summed E-state index contributed by atoms with van der Waals surface area (Å²) in [5, 5.41) is 10.3. The minimum absolute atomic E-state index is 0.0567. The molecule has 1 aliphatic carbocycles. The predicted molar refractivity (Wildman–Crippen MR) is 41.1 cm³/mol. The Balaban J connectivity index is 2.49. The number of fused-ring (bicyclic) bond motifs is 1. The summed E-state index contributed by atoms with van der Waals surface area (Å²) < 4.78 is 0. The van der Waals surface area contributed by atoms with Gasteiger partial charge in [-0.15, -0.1) is 0 Å². The summed E-state index contributed by atoms with van der Waals surface area (Å²) in [6.45, 7) is 0. The summed E-state index contributed by atoms with van der Waals surface area (Å²) in [7, 11) is 0. The van der Waals surface area contributed by atoms with E-state index in [1.807, 2.05) is 0 Å². The fourth-order valence-electron chi connectivity index (χ4n) is 1.27. The molecule has 1 aromatic carbocycles. The molecule has 2 rings (SSSR count). The Morgan fingerprint density at radius 2 is 2.17 bits per heavy atom. The number of hydrogen-bond acceptors (Lipinski definition) is 3. The zero-order valence-corrected chi connectivity index (χ0v) is 6.11. The third kappa shape index (κ3) is 0.812. The zero-order valence-electron chi connectivity index (χ0n) is 6.11. The number of nitro benzene ring substituents is 1. The van der Waals surface area contributed by atoms with Gasteiger partial charge in [0.2, 0.25) is 0 Å². The first-order valence-corrected chi connectivity index (χ1v) is 3.49. The summed E-state index contributed by atoms with van der Waals surface area (Å²) in [5.74, 6) is 0.0693. The highest BCUT2D eigenvalue weighted by molar-refractivity contribution is 6.06. The van der Waals surface area contributed by atoms with E-state index in [2.05, 4.69) is 0 Å².